The Kier molecular flexibility index (Phi) is 4.01. The van der Waals surface area contributed by atoms with Crippen molar-refractivity contribution in [3.63, 3.8) is 0 Å². The zero-order chi connectivity index (χ0) is 16.5. The lowest BCUT2D eigenvalue weighted by Gasteiger charge is -2.14. The van der Waals surface area contributed by atoms with Gasteiger partial charge in [-0.3, -0.25) is 0 Å². The van der Waals surface area contributed by atoms with Gasteiger partial charge in [0, 0.05) is 29.1 Å². The fourth-order valence-electron chi connectivity index (χ4n) is 3.24. The summed E-state index contributed by atoms with van der Waals surface area (Å²) in [6.45, 7) is 0.511. The summed E-state index contributed by atoms with van der Waals surface area (Å²) < 4.78 is 6.10. The van der Waals surface area contributed by atoms with Gasteiger partial charge in [0.1, 0.15) is 11.9 Å². The predicted molar refractivity (Wildman–Crippen MR) is 99.5 cm³/mol. The number of benzene rings is 3. The predicted octanol–water partition coefficient (Wildman–Crippen LogP) is 4.94. The van der Waals surface area contributed by atoms with E-state index < -0.39 is 0 Å². The Morgan fingerprint density at radius 3 is 2.42 bits per heavy atom. The van der Waals surface area contributed by atoms with Crippen LogP contribution < -0.4 is 10.5 Å². The van der Waals surface area contributed by atoms with Crippen LogP contribution in [0, 0.1) is 0 Å². The second-order valence-electron chi connectivity index (χ2n) is 6.04. The molecule has 0 fully saturated rings. The van der Waals surface area contributed by atoms with Crippen molar-refractivity contribution in [2.24, 2.45) is 5.73 Å². The van der Waals surface area contributed by atoms with E-state index in [-0.39, 0.29) is 6.10 Å². The van der Waals surface area contributed by atoms with E-state index in [0.717, 1.165) is 28.3 Å². The molecule has 0 aliphatic carbocycles. The smallest absolute Gasteiger partial charge is 0.131 e. The highest BCUT2D eigenvalue weighted by molar-refractivity contribution is 6.33. The van der Waals surface area contributed by atoms with Crippen LogP contribution in [0.3, 0.4) is 0 Å². The number of nitrogens with two attached hydrogens (primary N) is 1. The summed E-state index contributed by atoms with van der Waals surface area (Å²) in [5.74, 6) is 0.915. The zero-order valence-corrected chi connectivity index (χ0v) is 14.0. The standard InChI is InChI=1S/C21H18ClNO/c22-20-9-5-4-8-18(20)19-12-15(14-6-2-1-3-7-14)10-16-11-17(13-23)24-21(16)19/h1-10,12,17H,11,13,23H2. The maximum atomic E-state index is 6.45. The van der Waals surface area contributed by atoms with Crippen molar-refractivity contribution in [3.8, 4) is 28.0 Å². The average Bonchev–Trinajstić information content (AvgIpc) is 3.05. The molecule has 3 aromatic rings. The maximum absolute atomic E-state index is 6.45. The lowest BCUT2D eigenvalue weighted by molar-refractivity contribution is 0.242. The highest BCUT2D eigenvalue weighted by Crippen LogP contribution is 2.43. The van der Waals surface area contributed by atoms with Gasteiger partial charge in [0.25, 0.3) is 0 Å². The molecule has 1 aliphatic heterocycles. The summed E-state index contributed by atoms with van der Waals surface area (Å²) in [6, 6.07) is 22.6. The molecular formula is C21H18ClNO. The molecule has 2 N–H and O–H groups in total. The molecular weight excluding hydrogens is 318 g/mol. The van der Waals surface area contributed by atoms with E-state index in [0.29, 0.717) is 6.54 Å². The monoisotopic (exact) mass is 335 g/mol. The fraction of sp³-hybridized carbons (Fsp3) is 0.143. The van der Waals surface area contributed by atoms with Crippen LogP contribution in [0.1, 0.15) is 5.56 Å². The molecule has 0 saturated heterocycles. The minimum absolute atomic E-state index is 0.0345. The molecule has 0 saturated carbocycles. The molecule has 0 spiro atoms. The van der Waals surface area contributed by atoms with Crippen molar-refractivity contribution in [2.45, 2.75) is 12.5 Å². The lowest BCUT2D eigenvalue weighted by atomic mass is 9.94. The molecule has 1 atom stereocenters. The number of halogens is 1. The molecule has 4 rings (SSSR count). The molecule has 1 heterocycles. The van der Waals surface area contributed by atoms with E-state index in [2.05, 4.69) is 36.4 Å². The van der Waals surface area contributed by atoms with Crippen LogP contribution in [0.25, 0.3) is 22.3 Å². The highest BCUT2D eigenvalue weighted by atomic mass is 35.5. The van der Waals surface area contributed by atoms with Gasteiger partial charge in [0.15, 0.2) is 0 Å². The summed E-state index contributed by atoms with van der Waals surface area (Å²) in [6.07, 6.45) is 0.872. The molecule has 3 aromatic carbocycles. The van der Waals surface area contributed by atoms with Gasteiger partial charge >= 0.3 is 0 Å². The first kappa shape index (κ1) is 15.3. The van der Waals surface area contributed by atoms with Gasteiger partial charge in [-0.1, -0.05) is 60.1 Å². The molecule has 1 unspecified atom stereocenters. The van der Waals surface area contributed by atoms with Crippen molar-refractivity contribution in [3.05, 3.63) is 77.3 Å². The topological polar surface area (TPSA) is 35.2 Å². The first-order valence-corrected chi connectivity index (χ1v) is 8.48. The van der Waals surface area contributed by atoms with E-state index >= 15 is 0 Å². The fourth-order valence-corrected chi connectivity index (χ4v) is 3.48. The van der Waals surface area contributed by atoms with E-state index in [4.69, 9.17) is 22.1 Å². The zero-order valence-electron chi connectivity index (χ0n) is 13.2. The highest BCUT2D eigenvalue weighted by Gasteiger charge is 2.26. The van der Waals surface area contributed by atoms with Crippen LogP contribution in [-0.4, -0.2) is 12.6 Å². The third kappa shape index (κ3) is 2.68. The van der Waals surface area contributed by atoms with Crippen molar-refractivity contribution in [1.29, 1.82) is 0 Å². The second kappa shape index (κ2) is 6.31. The van der Waals surface area contributed by atoms with Crippen LogP contribution in [0.4, 0.5) is 0 Å². The van der Waals surface area contributed by atoms with E-state index in [1.54, 1.807) is 0 Å². The molecule has 0 radical (unpaired) electrons. The first-order chi connectivity index (χ1) is 11.8. The third-order valence-corrected chi connectivity index (χ3v) is 4.76. The molecule has 3 heteroatoms. The summed E-state index contributed by atoms with van der Waals surface area (Å²) in [4.78, 5) is 0. The Labute approximate surface area is 146 Å². The van der Waals surface area contributed by atoms with Crippen molar-refractivity contribution >= 4 is 11.6 Å². The van der Waals surface area contributed by atoms with Gasteiger partial charge in [0.05, 0.1) is 0 Å². The average molecular weight is 336 g/mol. The number of fused-ring (bicyclic) bond motifs is 1. The van der Waals surface area contributed by atoms with Crippen LogP contribution in [0.2, 0.25) is 5.02 Å². The van der Waals surface area contributed by atoms with Crippen molar-refractivity contribution in [2.75, 3.05) is 6.54 Å². The Morgan fingerprint density at radius 2 is 1.67 bits per heavy atom. The summed E-state index contributed by atoms with van der Waals surface area (Å²) >= 11 is 6.45. The summed E-state index contributed by atoms with van der Waals surface area (Å²) in [5.41, 5.74) is 11.4. The van der Waals surface area contributed by atoms with E-state index in [9.17, 15) is 0 Å². The Hall–Kier alpha value is -2.29. The molecule has 2 nitrogen and oxygen atoms in total. The summed E-state index contributed by atoms with van der Waals surface area (Å²) in [7, 11) is 0. The minimum Gasteiger partial charge on any atom is -0.488 e. The molecule has 1 aliphatic rings. The van der Waals surface area contributed by atoms with Gasteiger partial charge in [-0.2, -0.15) is 0 Å². The van der Waals surface area contributed by atoms with E-state index in [1.165, 1.54) is 16.7 Å². The third-order valence-electron chi connectivity index (χ3n) is 4.43. The van der Waals surface area contributed by atoms with Gasteiger partial charge < -0.3 is 10.5 Å². The largest absolute Gasteiger partial charge is 0.488 e. The molecule has 0 aromatic heterocycles. The number of ether oxygens (including phenoxy) is 1. The Bertz CT molecular complexity index is 876. The Morgan fingerprint density at radius 1 is 0.917 bits per heavy atom. The van der Waals surface area contributed by atoms with Gasteiger partial charge in [-0.05, 0) is 34.9 Å². The second-order valence-corrected chi connectivity index (χ2v) is 6.44. The van der Waals surface area contributed by atoms with Crippen LogP contribution in [0.5, 0.6) is 5.75 Å². The van der Waals surface area contributed by atoms with Gasteiger partial charge in [-0.15, -0.1) is 0 Å². The number of hydrogen-bond donors (Lipinski definition) is 1. The van der Waals surface area contributed by atoms with Crippen molar-refractivity contribution in [1.82, 2.24) is 0 Å². The lowest BCUT2D eigenvalue weighted by Crippen LogP contribution is -2.24. The summed E-state index contributed by atoms with van der Waals surface area (Å²) in [5, 5.41) is 0.727. The normalized spacial score (nSPS) is 15.8. The van der Waals surface area contributed by atoms with Crippen LogP contribution in [-0.2, 0) is 6.42 Å². The van der Waals surface area contributed by atoms with Crippen LogP contribution >= 0.6 is 11.6 Å². The quantitative estimate of drug-likeness (QED) is 0.736. The molecule has 120 valence electrons. The molecule has 0 amide bonds. The maximum Gasteiger partial charge on any atom is 0.131 e. The number of hydrogen-bond acceptors (Lipinski definition) is 2. The van der Waals surface area contributed by atoms with Gasteiger partial charge in [-0.25, -0.2) is 0 Å². The minimum atomic E-state index is 0.0345. The SMILES string of the molecule is NCC1Cc2cc(-c3ccccc3)cc(-c3ccccc3Cl)c2O1. The Balaban J connectivity index is 1.92. The first-order valence-electron chi connectivity index (χ1n) is 8.10. The molecule has 0 bridgehead atoms. The number of rotatable bonds is 3. The van der Waals surface area contributed by atoms with Gasteiger partial charge in [0.2, 0.25) is 0 Å². The van der Waals surface area contributed by atoms with Crippen molar-refractivity contribution < 1.29 is 4.74 Å². The van der Waals surface area contributed by atoms with Crippen LogP contribution in [0.15, 0.2) is 66.7 Å². The van der Waals surface area contributed by atoms with E-state index in [1.807, 2.05) is 30.3 Å². The molecule has 24 heavy (non-hydrogen) atoms.